The lowest BCUT2D eigenvalue weighted by atomic mass is 9.95. The van der Waals surface area contributed by atoms with Crippen LogP contribution in [0.25, 0.3) is 22.3 Å². The highest BCUT2D eigenvalue weighted by Gasteiger charge is 2.42. The first-order chi connectivity index (χ1) is 65.4. The van der Waals surface area contributed by atoms with Crippen LogP contribution in [0.2, 0.25) is 0 Å². The van der Waals surface area contributed by atoms with E-state index < -0.39 is 88.8 Å². The van der Waals surface area contributed by atoms with Gasteiger partial charge in [0.25, 0.3) is 77.4 Å². The predicted octanol–water partition coefficient (Wildman–Crippen LogP) is 18.1. The Balaban J connectivity index is 0.000000197. The predicted molar refractivity (Wildman–Crippen MR) is 495 cm³/mol. The summed E-state index contributed by atoms with van der Waals surface area (Å²) >= 11 is 0. The van der Waals surface area contributed by atoms with E-state index >= 15 is 0 Å². The Labute approximate surface area is 771 Å². The highest BCUT2D eigenvalue weighted by molar-refractivity contribution is 6.37. The van der Waals surface area contributed by atoms with Crippen LogP contribution in [0.15, 0.2) is 291 Å². The number of aromatic carboxylic acids is 3. The van der Waals surface area contributed by atoms with E-state index in [0.29, 0.717) is 56.6 Å². The van der Waals surface area contributed by atoms with Gasteiger partial charge in [-0.25, -0.2) is 29.1 Å². The molecular weight excluding hydrogens is 1750 g/mol. The van der Waals surface area contributed by atoms with Crippen LogP contribution in [0.4, 0.5) is 34.1 Å². The molecule has 0 aliphatic carbocycles. The molecule has 0 spiro atoms. The number of rotatable bonds is 25. The third-order valence-corrected chi connectivity index (χ3v) is 22.4. The van der Waals surface area contributed by atoms with Gasteiger partial charge in [0.1, 0.15) is 51.7 Å². The van der Waals surface area contributed by atoms with E-state index in [1.165, 1.54) is 178 Å². The maximum absolute atomic E-state index is 13.8. The molecule has 18 rings (SSSR count). The lowest BCUT2D eigenvalue weighted by Crippen LogP contribution is -2.30. The van der Waals surface area contributed by atoms with Gasteiger partial charge >= 0.3 is 17.9 Å². The molecule has 0 saturated carbocycles. The van der Waals surface area contributed by atoms with E-state index in [2.05, 4.69) is 21.3 Å². The van der Waals surface area contributed by atoms with E-state index in [1.54, 1.807) is 78.9 Å². The molecule has 4 aliphatic rings. The van der Waals surface area contributed by atoms with E-state index in [-0.39, 0.29) is 143 Å². The number of aryl methyl sites for hydroxylation is 2. The first-order valence-corrected chi connectivity index (χ1v) is 41.3. The van der Waals surface area contributed by atoms with Crippen molar-refractivity contribution in [3.05, 3.63) is 386 Å². The Kier molecular flexibility index (Phi) is 23.9. The Bertz CT molecular complexity index is 7520. The van der Waals surface area contributed by atoms with Gasteiger partial charge in [-0.1, -0.05) is 59.7 Å². The summed E-state index contributed by atoms with van der Waals surface area (Å²) in [5.74, 6) is -8.73. The number of benzene rings is 14. The second kappa shape index (κ2) is 36.6. The minimum Gasteiger partial charge on any atom is -0.478 e. The zero-order valence-corrected chi connectivity index (χ0v) is 71.5. The average molecular weight is 1820 g/mol. The number of fused-ring (bicyclic) bond motifs is 4. The fourth-order valence-electron chi connectivity index (χ4n) is 15.4. The zero-order chi connectivity index (χ0) is 95.8. The van der Waals surface area contributed by atoms with Crippen molar-refractivity contribution >= 4 is 129 Å². The Morgan fingerprint density at radius 2 is 0.544 bits per heavy atom. The minimum absolute atomic E-state index is 0. The maximum Gasteiger partial charge on any atom is 0.336 e. The van der Waals surface area contributed by atoms with E-state index in [4.69, 9.17) is 23.7 Å². The summed E-state index contributed by atoms with van der Waals surface area (Å²) in [4.78, 5) is 211. The van der Waals surface area contributed by atoms with Gasteiger partial charge in [-0.3, -0.25) is 67.2 Å². The van der Waals surface area contributed by atoms with Crippen molar-refractivity contribution < 1.29 is 117 Å². The van der Waals surface area contributed by atoms with Crippen molar-refractivity contribution in [2.75, 3.05) is 44.7 Å². The van der Waals surface area contributed by atoms with Gasteiger partial charge in [-0.15, -0.1) is 0 Å². The van der Waals surface area contributed by atoms with Crippen molar-refractivity contribution in [2.24, 2.45) is 0 Å². The quantitative estimate of drug-likeness (QED) is 0.0206. The first kappa shape index (κ1) is 88.6. The van der Waals surface area contributed by atoms with E-state index in [9.17, 15) is 92.0 Å². The molecule has 0 atom stereocenters. The van der Waals surface area contributed by atoms with Crippen LogP contribution < -0.4 is 59.7 Å². The smallest absolute Gasteiger partial charge is 0.336 e. The van der Waals surface area contributed by atoms with Crippen LogP contribution in [0, 0.1) is 13.8 Å². The summed E-state index contributed by atoms with van der Waals surface area (Å²) in [6.45, 7) is 4.05. The van der Waals surface area contributed by atoms with Gasteiger partial charge in [0.05, 0.1) is 101 Å². The van der Waals surface area contributed by atoms with Gasteiger partial charge in [-0.05, 0) is 279 Å². The average Bonchev–Trinajstić information content (AvgIpc) is 1.60. The van der Waals surface area contributed by atoms with Crippen molar-refractivity contribution in [2.45, 2.75) is 13.8 Å². The van der Waals surface area contributed by atoms with Crippen LogP contribution >= 0.6 is 0 Å². The van der Waals surface area contributed by atoms with Crippen molar-refractivity contribution in [1.82, 2.24) is 10.2 Å². The van der Waals surface area contributed by atoms with Gasteiger partial charge < -0.3 is 60.3 Å². The fourth-order valence-corrected chi connectivity index (χ4v) is 15.4. The fraction of sp³-hybridized carbons (Fsp3) is 0.0385. The summed E-state index contributed by atoms with van der Waals surface area (Å²) in [7, 11) is 2.74. The number of carboxylic acids is 3. The van der Waals surface area contributed by atoms with Gasteiger partial charge in [0.2, 0.25) is 0 Å². The molecule has 14 aromatic carbocycles. The zero-order valence-electron chi connectivity index (χ0n) is 71.5. The molecule has 32 heteroatoms. The molecule has 12 amide bonds. The van der Waals surface area contributed by atoms with E-state index in [1.807, 2.05) is 62.4 Å². The van der Waals surface area contributed by atoms with Crippen molar-refractivity contribution in [3.63, 3.8) is 0 Å². The third-order valence-electron chi connectivity index (χ3n) is 22.4. The number of carbonyl (C=O) groups excluding carboxylic acids is 13. The van der Waals surface area contributed by atoms with Crippen LogP contribution in [0.3, 0.4) is 0 Å². The summed E-state index contributed by atoms with van der Waals surface area (Å²) in [6.07, 6.45) is 0. The molecule has 0 radical (unpaired) electrons. The number of hydrogen-bond acceptors (Lipinski definition) is 21. The lowest BCUT2D eigenvalue weighted by Gasteiger charge is -2.17. The molecule has 7 N–H and O–H groups in total. The van der Waals surface area contributed by atoms with Crippen molar-refractivity contribution in [3.8, 4) is 74.0 Å². The van der Waals surface area contributed by atoms with Gasteiger partial charge in [0.15, 0.2) is 0 Å². The number of carbonyl (C=O) groups is 16. The Morgan fingerprint density at radius 1 is 0.279 bits per heavy atom. The minimum atomic E-state index is -1.40. The maximum atomic E-state index is 13.8. The highest BCUT2D eigenvalue weighted by atomic mass is 16.5. The molecule has 32 nitrogen and oxygen atoms in total. The summed E-state index contributed by atoms with van der Waals surface area (Å²) in [5, 5.41) is 39.6. The second-order valence-electron chi connectivity index (χ2n) is 31.0. The standard InChI is InChI=1S/C52H38N4O14.C52H30N4O10.H2/c1-28-3-13-34(14-4-28)69-35-15-11-33(12-16-35)55-48(60)43-25-36(17-21-40(43)52(66)67)70-37-18-22-45(68-27-57)44(26-37)49(61)56-32-9-7-31(8-10-32)54-47(59)42-24-30(6-20-39(42)51(64)65)29-5-19-38(50(62)63)41(23-29)46(58)53-2;1-27-3-13-33(14-4-27)65-34-15-11-32(12-16-34)56-49(61)40-22-18-36(26-44(40)52(56)64)66-35-17-21-39-43(25-35)51(63)55(48(39)60)31-9-7-30(8-10-31)54-47(59)38-20-6-29(24-42(38)50(54)62)28-5-19-37-41(23-28)46(58)53(2)45(37)57;/h3-27H,1-2H3,(H,53,58)(H,54,59)(H,55,60)(H,56,61)(H,62,63)(H,64,65)(H,66,67);3-26H,1-2H3;1H/i;;1+1. The van der Waals surface area contributed by atoms with Crippen LogP contribution in [0.1, 0.15) is 168 Å². The molecule has 0 bridgehead atoms. The number of anilines is 6. The Hall–Kier alpha value is -19.4. The lowest BCUT2D eigenvalue weighted by molar-refractivity contribution is -0.120. The van der Waals surface area contributed by atoms with Crippen LogP contribution in [-0.2, 0) is 4.79 Å². The number of ether oxygens (including phenoxy) is 5. The number of nitrogens with zero attached hydrogens (tertiary/aromatic N) is 4. The van der Waals surface area contributed by atoms with Gasteiger partial charge in [0, 0.05) is 32.6 Å². The van der Waals surface area contributed by atoms with Crippen LogP contribution in [0.5, 0.6) is 51.7 Å². The second-order valence-corrected chi connectivity index (χ2v) is 31.0. The molecule has 4 heterocycles. The number of amides is 12. The normalized spacial score (nSPS) is 12.6. The molecule has 14 aromatic rings. The summed E-state index contributed by atoms with van der Waals surface area (Å²) in [5.41, 5.74) is 5.16. The number of imide groups is 4. The topological polar surface area (TPSA) is 441 Å². The highest BCUT2D eigenvalue weighted by Crippen LogP contribution is 2.41. The van der Waals surface area contributed by atoms with Crippen molar-refractivity contribution in [1.29, 1.82) is 0 Å². The summed E-state index contributed by atoms with van der Waals surface area (Å²) < 4.78 is 28.8. The molecule has 670 valence electrons. The number of hydrogen-bond donors (Lipinski definition) is 7. The first-order valence-electron chi connectivity index (χ1n) is 41.3. The molecule has 0 aromatic heterocycles. The third kappa shape index (κ3) is 17.6. The van der Waals surface area contributed by atoms with Crippen LogP contribution in [-0.4, -0.2) is 130 Å². The molecule has 0 fully saturated rings. The Morgan fingerprint density at radius 3 is 0.949 bits per heavy atom. The SMILES string of the molecule is CNC(=O)c1cc(-c2ccc(C(=O)O)c(C(=O)Nc3ccc(NC(=O)c4cc(Oc5ccc(C(=O)O)c(C(=O)Nc6ccc(Oc7ccc(C)cc7)cc6)c5)ccc4OC=O)cc3)c2)ccc1C(=O)O.Cc1ccc(Oc2ccc(N3C(=O)c4ccc(Oc5ccc6c(c5)C(=O)N(c5ccc(N7C(=O)c8ccc(-c9ccc%10c(c9)C(=O)N(C)C%10=O)cc8C7=O)cc5)C6=O)cc4C3=O)cc2)cc1.[2HH]. The largest absolute Gasteiger partial charge is 0.478 e. The summed E-state index contributed by atoms with van der Waals surface area (Å²) in [6, 6.07) is 73.6. The molecule has 0 saturated heterocycles. The molecule has 136 heavy (non-hydrogen) atoms. The van der Waals surface area contributed by atoms with E-state index in [0.717, 1.165) is 30.7 Å². The number of carboxylic acid groups (broad SMARTS) is 3. The monoisotopic (exact) mass is 1820 g/mol. The van der Waals surface area contributed by atoms with Gasteiger partial charge in [-0.2, -0.15) is 0 Å². The molecular formula is C104H70N8O24. The molecule has 0 unspecified atom stereocenters. The molecule has 4 aliphatic heterocycles. The number of nitrogens with one attached hydrogen (secondary N) is 4.